The molecule has 0 spiro atoms. The first-order chi connectivity index (χ1) is 16.5. The molecule has 0 aromatic heterocycles. The van der Waals surface area contributed by atoms with Gasteiger partial charge < -0.3 is 4.74 Å². The van der Waals surface area contributed by atoms with Crippen LogP contribution in [0, 0.1) is 47.1 Å². The van der Waals surface area contributed by atoms with Crippen LogP contribution in [0.3, 0.4) is 0 Å². The summed E-state index contributed by atoms with van der Waals surface area (Å²) < 4.78 is 33.8. The van der Waals surface area contributed by atoms with Crippen molar-refractivity contribution in [2.24, 2.45) is 35.5 Å². The lowest BCUT2D eigenvalue weighted by molar-refractivity contribution is 0.0627. The van der Waals surface area contributed by atoms with Gasteiger partial charge in [-0.2, -0.15) is 4.39 Å². The van der Waals surface area contributed by atoms with E-state index in [0.717, 1.165) is 42.4 Å². The minimum Gasteiger partial charge on any atom is -0.490 e. The van der Waals surface area contributed by atoms with Crippen molar-refractivity contribution >= 4 is 6.08 Å². The van der Waals surface area contributed by atoms with Crippen LogP contribution in [0.4, 0.5) is 8.78 Å². The van der Waals surface area contributed by atoms with E-state index in [4.69, 9.17) is 4.74 Å². The van der Waals surface area contributed by atoms with Crippen LogP contribution < -0.4 is 4.74 Å². The number of hydrogen-bond donors (Lipinski definition) is 0. The molecule has 1 nitrogen and oxygen atoms in total. The molecule has 4 rings (SSSR count). The largest absolute Gasteiger partial charge is 0.490 e. The second-order valence-corrected chi connectivity index (χ2v) is 11.0. The van der Waals surface area contributed by atoms with Gasteiger partial charge in [0.2, 0.25) is 5.82 Å². The lowest BCUT2D eigenvalue weighted by Gasteiger charge is -2.45. The van der Waals surface area contributed by atoms with Crippen molar-refractivity contribution in [1.29, 1.82) is 0 Å². The van der Waals surface area contributed by atoms with Crippen LogP contribution in [0.2, 0.25) is 0 Å². The molecule has 3 aliphatic carbocycles. The number of ether oxygens (including phenoxy) is 1. The monoisotopic (exact) mass is 472 g/mol. The summed E-state index contributed by atoms with van der Waals surface area (Å²) in [7, 11) is 0. The van der Waals surface area contributed by atoms with Gasteiger partial charge in [-0.25, -0.2) is 4.39 Å². The van der Waals surface area contributed by atoms with Crippen LogP contribution in [-0.4, -0.2) is 6.61 Å². The first kappa shape index (κ1) is 27.0. The molecular weight excluding hydrogens is 426 g/mol. The fourth-order valence-corrected chi connectivity index (χ4v) is 6.69. The lowest BCUT2D eigenvalue weighted by Crippen LogP contribution is -2.34. The zero-order chi connectivity index (χ0) is 24.5. The van der Waals surface area contributed by atoms with Crippen molar-refractivity contribution in [3.05, 3.63) is 48.1 Å². The van der Waals surface area contributed by atoms with Gasteiger partial charge in [0.05, 0.1) is 6.61 Å². The summed E-state index contributed by atoms with van der Waals surface area (Å²) in [6.45, 7) is 10.4. The Morgan fingerprint density at radius 3 is 2.09 bits per heavy atom. The van der Waals surface area contributed by atoms with Gasteiger partial charge in [0.1, 0.15) is 0 Å². The average molecular weight is 473 g/mol. The Labute approximate surface area is 207 Å². The van der Waals surface area contributed by atoms with E-state index in [-0.39, 0.29) is 11.3 Å². The highest BCUT2D eigenvalue weighted by Crippen LogP contribution is 2.49. The summed E-state index contributed by atoms with van der Waals surface area (Å²) >= 11 is 0. The van der Waals surface area contributed by atoms with E-state index < -0.39 is 11.6 Å². The summed E-state index contributed by atoms with van der Waals surface area (Å²) in [5.41, 5.74) is 0.176. The van der Waals surface area contributed by atoms with E-state index >= 15 is 0 Å². The Morgan fingerprint density at radius 2 is 1.44 bits per heavy atom. The van der Waals surface area contributed by atoms with Crippen molar-refractivity contribution in [1.82, 2.24) is 0 Å². The second-order valence-electron chi connectivity index (χ2n) is 11.0. The lowest BCUT2D eigenvalue weighted by atomic mass is 9.61. The van der Waals surface area contributed by atoms with Gasteiger partial charge in [0.25, 0.3) is 0 Å². The number of rotatable bonds is 6. The Morgan fingerprint density at radius 1 is 0.853 bits per heavy atom. The van der Waals surface area contributed by atoms with E-state index in [0.29, 0.717) is 12.5 Å². The molecule has 0 aliphatic heterocycles. The van der Waals surface area contributed by atoms with Crippen molar-refractivity contribution in [2.45, 2.75) is 91.4 Å². The molecule has 4 unspecified atom stereocenters. The van der Waals surface area contributed by atoms with E-state index in [2.05, 4.69) is 39.5 Å². The molecule has 0 amide bonds. The summed E-state index contributed by atoms with van der Waals surface area (Å²) in [6.07, 6.45) is 20.6. The summed E-state index contributed by atoms with van der Waals surface area (Å²) in [5.74, 6) is 3.20. The van der Waals surface area contributed by atoms with E-state index in [1.165, 1.54) is 76.0 Å². The predicted molar refractivity (Wildman–Crippen MR) is 140 cm³/mol. The minimum absolute atomic E-state index is 0.0251. The Hall–Kier alpha value is -1.64. The van der Waals surface area contributed by atoms with Gasteiger partial charge >= 0.3 is 0 Å². The Kier molecular flexibility index (Phi) is 10.7. The van der Waals surface area contributed by atoms with Crippen LogP contribution >= 0.6 is 0 Å². The molecule has 1 aromatic rings. The maximum Gasteiger partial charge on any atom is 0.201 e. The normalized spacial score (nSPS) is 31.3. The first-order valence-corrected chi connectivity index (χ1v) is 13.9. The highest BCUT2D eigenvalue weighted by atomic mass is 19.2. The number of benzene rings is 1. The maximum absolute atomic E-state index is 14.2. The molecule has 0 saturated heterocycles. The molecule has 0 radical (unpaired) electrons. The quantitative estimate of drug-likeness (QED) is 0.374. The van der Waals surface area contributed by atoms with Crippen LogP contribution in [0.1, 0.15) is 97.0 Å². The van der Waals surface area contributed by atoms with Crippen molar-refractivity contribution < 1.29 is 13.5 Å². The molecule has 4 atom stereocenters. The highest BCUT2D eigenvalue weighted by molar-refractivity contribution is 5.50. The van der Waals surface area contributed by atoms with Gasteiger partial charge in [0.15, 0.2) is 11.6 Å². The van der Waals surface area contributed by atoms with Crippen LogP contribution in [0.25, 0.3) is 6.08 Å². The molecule has 3 saturated carbocycles. The molecule has 0 heterocycles. The van der Waals surface area contributed by atoms with Gasteiger partial charge in [-0.05, 0) is 119 Å². The van der Waals surface area contributed by atoms with Crippen LogP contribution in [0.5, 0.6) is 5.75 Å². The highest BCUT2D eigenvalue weighted by Gasteiger charge is 2.38. The number of fused-ring (bicyclic) bond motifs is 1. The second kappa shape index (κ2) is 13.4. The fraction of sp³-hybridized carbons (Fsp3) is 0.677. The Balaban J connectivity index is 0.00000103. The fourth-order valence-electron chi connectivity index (χ4n) is 6.69. The third-order valence-electron chi connectivity index (χ3n) is 8.49. The number of hydrogen-bond acceptors (Lipinski definition) is 1. The SMILES string of the molecule is C=Cc1ccc(OCC2CCC(C3CCC4CC(/C=C/C)CCC4C3)CC2)c(F)c1F.CCC. The molecule has 190 valence electrons. The van der Waals surface area contributed by atoms with E-state index in [9.17, 15) is 8.78 Å². The van der Waals surface area contributed by atoms with Gasteiger partial charge in [-0.15, -0.1) is 0 Å². The number of halogens is 2. The Bertz CT molecular complexity index is 793. The smallest absolute Gasteiger partial charge is 0.201 e. The van der Waals surface area contributed by atoms with E-state index in [1.807, 2.05) is 0 Å². The van der Waals surface area contributed by atoms with Crippen molar-refractivity contribution in [3.63, 3.8) is 0 Å². The zero-order valence-electron chi connectivity index (χ0n) is 21.7. The molecular formula is C31H46F2O. The molecule has 34 heavy (non-hydrogen) atoms. The molecule has 3 fully saturated rings. The summed E-state index contributed by atoms with van der Waals surface area (Å²) in [4.78, 5) is 0. The summed E-state index contributed by atoms with van der Waals surface area (Å²) in [5, 5.41) is 0. The third kappa shape index (κ3) is 6.95. The van der Waals surface area contributed by atoms with Gasteiger partial charge in [-0.1, -0.05) is 45.1 Å². The average Bonchev–Trinajstić information content (AvgIpc) is 2.86. The predicted octanol–water partition coefficient (Wildman–Crippen LogP) is 9.62. The molecule has 0 N–H and O–H groups in total. The van der Waals surface area contributed by atoms with Crippen LogP contribution in [0.15, 0.2) is 30.9 Å². The van der Waals surface area contributed by atoms with Gasteiger partial charge in [-0.3, -0.25) is 0 Å². The first-order valence-electron chi connectivity index (χ1n) is 13.9. The topological polar surface area (TPSA) is 9.23 Å². The zero-order valence-corrected chi connectivity index (χ0v) is 21.7. The van der Waals surface area contributed by atoms with Gasteiger partial charge in [0, 0.05) is 5.56 Å². The van der Waals surface area contributed by atoms with Crippen LogP contribution in [-0.2, 0) is 0 Å². The molecule has 3 heteroatoms. The van der Waals surface area contributed by atoms with E-state index in [1.54, 1.807) is 0 Å². The standard InChI is InChI=1S/C28H38F2O.C3H8/c1-3-5-19-6-11-25-17-24(13-12-23(25)16-19)22-9-7-20(8-10-22)18-31-26-15-14-21(4-2)27(29)28(26)30;1-3-2/h3-5,14-15,19-20,22-25H,2,6-13,16-18H2,1H3;3H2,1-2H3/b5-3+;. The molecule has 0 bridgehead atoms. The minimum atomic E-state index is -0.896. The third-order valence-corrected chi connectivity index (χ3v) is 8.49. The molecule has 3 aliphatic rings. The van der Waals surface area contributed by atoms with Crippen molar-refractivity contribution in [3.8, 4) is 5.75 Å². The maximum atomic E-state index is 14.2. The summed E-state index contributed by atoms with van der Waals surface area (Å²) in [6, 6.07) is 3.05. The van der Waals surface area contributed by atoms with Crippen molar-refractivity contribution in [2.75, 3.05) is 6.61 Å². The number of allylic oxidation sites excluding steroid dienone is 2. The molecule has 1 aromatic carbocycles.